The van der Waals surface area contributed by atoms with Crippen molar-refractivity contribution in [2.24, 2.45) is 0 Å². The maximum atomic E-state index is 11.7. The minimum Gasteiger partial charge on any atom is -0.348 e. The first-order valence-corrected chi connectivity index (χ1v) is 6.84. The van der Waals surface area contributed by atoms with Crippen molar-refractivity contribution in [1.29, 1.82) is 0 Å². The minimum absolute atomic E-state index is 0.000670. The second-order valence-electron chi connectivity index (χ2n) is 4.42. The average molecular weight is 288 g/mol. The third-order valence-electron chi connectivity index (χ3n) is 2.77. The number of nitrogens with zero attached hydrogens (tertiary/aromatic N) is 6. The van der Waals surface area contributed by atoms with Gasteiger partial charge in [0.05, 0.1) is 12.1 Å². The van der Waals surface area contributed by atoms with Gasteiger partial charge in [-0.05, 0) is 12.1 Å². The molecule has 0 bridgehead atoms. The van der Waals surface area contributed by atoms with Crippen molar-refractivity contribution in [3.63, 3.8) is 0 Å². The van der Waals surface area contributed by atoms with E-state index < -0.39 is 0 Å². The molecule has 0 aliphatic rings. The maximum absolute atomic E-state index is 11.7. The molecule has 3 heterocycles. The molecule has 0 aliphatic carbocycles. The summed E-state index contributed by atoms with van der Waals surface area (Å²) < 4.78 is 1.62. The molecule has 0 N–H and O–H groups in total. The van der Waals surface area contributed by atoms with Crippen molar-refractivity contribution >= 4 is 22.9 Å². The zero-order valence-electron chi connectivity index (χ0n) is 11.0. The molecule has 0 aliphatic heterocycles. The molecule has 0 unspecified atom stereocenters. The van der Waals surface area contributed by atoms with Crippen LogP contribution in [-0.4, -0.2) is 49.7 Å². The van der Waals surface area contributed by atoms with E-state index >= 15 is 0 Å². The lowest BCUT2D eigenvalue weighted by molar-refractivity contribution is -0.128. The summed E-state index contributed by atoms with van der Waals surface area (Å²) in [6, 6.07) is 3.59. The van der Waals surface area contributed by atoms with Crippen LogP contribution in [0.1, 0.15) is 5.69 Å². The fraction of sp³-hybridized carbons (Fsp3) is 0.250. The van der Waals surface area contributed by atoms with E-state index in [1.165, 1.54) is 11.3 Å². The minimum atomic E-state index is 0.000670. The number of aromatic nitrogens is 5. The standard InChI is InChI=1S/C12H12N6OS/c1-17(2)10(19)7-8-3-4-9-14-15-11(18(9)16-8)12-13-5-6-20-12/h3-6H,7H2,1-2H3. The van der Waals surface area contributed by atoms with Crippen molar-refractivity contribution in [2.75, 3.05) is 14.1 Å². The monoisotopic (exact) mass is 288 g/mol. The first kappa shape index (κ1) is 12.7. The molecule has 7 nitrogen and oxygen atoms in total. The number of fused-ring (bicyclic) bond motifs is 1. The first-order valence-electron chi connectivity index (χ1n) is 5.96. The molecule has 3 rings (SSSR count). The van der Waals surface area contributed by atoms with E-state index in [1.54, 1.807) is 41.8 Å². The van der Waals surface area contributed by atoms with Crippen LogP contribution in [-0.2, 0) is 11.2 Å². The van der Waals surface area contributed by atoms with Gasteiger partial charge in [-0.3, -0.25) is 4.79 Å². The van der Waals surface area contributed by atoms with Crippen LogP contribution in [0.5, 0.6) is 0 Å². The van der Waals surface area contributed by atoms with Crippen LogP contribution in [0.15, 0.2) is 23.7 Å². The number of hydrogen-bond donors (Lipinski definition) is 0. The Morgan fingerprint density at radius 3 is 2.90 bits per heavy atom. The highest BCUT2D eigenvalue weighted by molar-refractivity contribution is 7.13. The normalized spacial score (nSPS) is 10.9. The second-order valence-corrected chi connectivity index (χ2v) is 5.32. The number of likely N-dealkylation sites (N-methyl/N-ethyl adjacent to an activating group) is 1. The predicted molar refractivity (Wildman–Crippen MR) is 74.3 cm³/mol. The molecule has 102 valence electrons. The van der Waals surface area contributed by atoms with Gasteiger partial charge in [-0.25, -0.2) is 4.98 Å². The molecule has 3 aromatic rings. The average Bonchev–Trinajstić information content (AvgIpc) is 3.06. The van der Waals surface area contributed by atoms with Crippen molar-refractivity contribution in [3.8, 4) is 10.8 Å². The van der Waals surface area contributed by atoms with Crippen molar-refractivity contribution in [1.82, 2.24) is 29.7 Å². The second kappa shape index (κ2) is 4.97. The van der Waals surface area contributed by atoms with Crippen molar-refractivity contribution in [3.05, 3.63) is 29.4 Å². The van der Waals surface area contributed by atoms with Gasteiger partial charge in [-0.15, -0.1) is 21.5 Å². The summed E-state index contributed by atoms with van der Waals surface area (Å²) >= 11 is 1.47. The molecule has 0 atom stereocenters. The third-order valence-corrected chi connectivity index (χ3v) is 3.54. The van der Waals surface area contributed by atoms with E-state index in [2.05, 4.69) is 20.3 Å². The number of thiazole rings is 1. The third kappa shape index (κ3) is 2.25. The molecule has 0 radical (unpaired) electrons. The highest BCUT2D eigenvalue weighted by Gasteiger charge is 2.13. The van der Waals surface area contributed by atoms with Crippen LogP contribution in [0.4, 0.5) is 0 Å². The van der Waals surface area contributed by atoms with Crippen LogP contribution in [0, 0.1) is 0 Å². The number of amides is 1. The lowest BCUT2D eigenvalue weighted by atomic mass is 10.2. The van der Waals surface area contributed by atoms with Gasteiger partial charge in [0.2, 0.25) is 11.7 Å². The van der Waals surface area contributed by atoms with Gasteiger partial charge in [0.15, 0.2) is 10.7 Å². The highest BCUT2D eigenvalue weighted by Crippen LogP contribution is 2.19. The fourth-order valence-corrected chi connectivity index (χ4v) is 2.31. The lowest BCUT2D eigenvalue weighted by Gasteiger charge is -2.09. The van der Waals surface area contributed by atoms with Gasteiger partial charge in [0, 0.05) is 25.7 Å². The van der Waals surface area contributed by atoms with E-state index in [-0.39, 0.29) is 12.3 Å². The van der Waals surface area contributed by atoms with Crippen LogP contribution in [0.3, 0.4) is 0 Å². The molecular weight excluding hydrogens is 276 g/mol. The SMILES string of the molecule is CN(C)C(=O)Cc1ccc2nnc(-c3nccs3)n2n1. The zero-order valence-corrected chi connectivity index (χ0v) is 11.8. The lowest BCUT2D eigenvalue weighted by Crippen LogP contribution is -2.24. The number of hydrogen-bond acceptors (Lipinski definition) is 6. The Morgan fingerprint density at radius 2 is 2.20 bits per heavy atom. The number of carbonyl (C=O) groups excluding carboxylic acids is 1. The molecule has 8 heteroatoms. The van der Waals surface area contributed by atoms with Gasteiger partial charge in [-0.2, -0.15) is 9.61 Å². The van der Waals surface area contributed by atoms with Crippen LogP contribution in [0.2, 0.25) is 0 Å². The van der Waals surface area contributed by atoms with E-state index in [1.807, 2.05) is 5.38 Å². The molecule has 0 saturated heterocycles. The maximum Gasteiger partial charge on any atom is 0.228 e. The van der Waals surface area contributed by atoms with E-state index in [4.69, 9.17) is 0 Å². The number of carbonyl (C=O) groups is 1. The molecule has 0 spiro atoms. The molecular formula is C12H12N6OS. The summed E-state index contributed by atoms with van der Waals surface area (Å²) in [5.41, 5.74) is 1.31. The van der Waals surface area contributed by atoms with Gasteiger partial charge >= 0.3 is 0 Å². The summed E-state index contributed by atoms with van der Waals surface area (Å²) in [7, 11) is 3.45. The van der Waals surface area contributed by atoms with Gasteiger partial charge < -0.3 is 4.90 Å². The molecule has 0 aromatic carbocycles. The Labute approximate surface area is 118 Å². The smallest absolute Gasteiger partial charge is 0.228 e. The molecule has 1 amide bonds. The van der Waals surface area contributed by atoms with Gasteiger partial charge in [0.25, 0.3) is 0 Å². The zero-order chi connectivity index (χ0) is 14.1. The van der Waals surface area contributed by atoms with Crippen molar-refractivity contribution < 1.29 is 4.79 Å². The van der Waals surface area contributed by atoms with Gasteiger partial charge in [0.1, 0.15) is 0 Å². The predicted octanol–water partition coefficient (Wildman–Crippen LogP) is 0.878. The van der Waals surface area contributed by atoms with Crippen molar-refractivity contribution in [2.45, 2.75) is 6.42 Å². The number of rotatable bonds is 3. The molecule has 0 saturated carbocycles. The van der Waals surface area contributed by atoms with E-state index in [0.29, 0.717) is 17.2 Å². The summed E-state index contributed by atoms with van der Waals surface area (Å²) in [6.07, 6.45) is 1.96. The largest absolute Gasteiger partial charge is 0.348 e. The summed E-state index contributed by atoms with van der Waals surface area (Å²) in [6.45, 7) is 0. The Kier molecular flexibility index (Phi) is 3.15. The Hall–Kier alpha value is -2.35. The van der Waals surface area contributed by atoms with E-state index in [0.717, 1.165) is 5.01 Å². The summed E-state index contributed by atoms with van der Waals surface area (Å²) in [4.78, 5) is 17.5. The highest BCUT2D eigenvalue weighted by atomic mass is 32.1. The van der Waals surface area contributed by atoms with E-state index in [9.17, 15) is 4.79 Å². The molecule has 0 fully saturated rings. The first-order chi connectivity index (χ1) is 9.65. The Balaban J connectivity index is 2.01. The fourth-order valence-electron chi connectivity index (χ4n) is 1.70. The topological polar surface area (TPSA) is 76.3 Å². The van der Waals surface area contributed by atoms with Crippen LogP contribution >= 0.6 is 11.3 Å². The quantitative estimate of drug-likeness (QED) is 0.715. The molecule has 20 heavy (non-hydrogen) atoms. The van der Waals surface area contributed by atoms with Gasteiger partial charge in [-0.1, -0.05) is 0 Å². The van der Waals surface area contributed by atoms with Crippen LogP contribution < -0.4 is 0 Å². The molecule has 3 aromatic heterocycles. The summed E-state index contributed by atoms with van der Waals surface area (Å²) in [5.74, 6) is 0.592. The Morgan fingerprint density at radius 1 is 1.35 bits per heavy atom. The van der Waals surface area contributed by atoms with Crippen LogP contribution in [0.25, 0.3) is 16.5 Å². The summed E-state index contributed by atoms with van der Waals surface area (Å²) in [5, 5.41) is 15.2. The Bertz CT molecular complexity index is 748.